The number of benzene rings is 1. The van der Waals surface area contributed by atoms with Crippen LogP contribution in [0.5, 0.6) is 0 Å². The van der Waals surface area contributed by atoms with Gasteiger partial charge in [-0.1, -0.05) is 18.2 Å². The summed E-state index contributed by atoms with van der Waals surface area (Å²) in [4.78, 5) is 0. The normalized spacial score (nSPS) is 17.4. The van der Waals surface area contributed by atoms with Crippen molar-refractivity contribution in [3.05, 3.63) is 35.6 Å². The van der Waals surface area contributed by atoms with Crippen molar-refractivity contribution in [3.63, 3.8) is 0 Å². The van der Waals surface area contributed by atoms with Crippen molar-refractivity contribution in [2.75, 3.05) is 13.2 Å². The number of nitrogens with two attached hydrogens (primary N) is 1. The molecule has 0 bridgehead atoms. The fourth-order valence-corrected chi connectivity index (χ4v) is 1.94. The van der Waals surface area contributed by atoms with Crippen LogP contribution >= 0.6 is 0 Å². The molecule has 0 radical (unpaired) electrons. The highest BCUT2D eigenvalue weighted by Gasteiger charge is 2.41. The number of halogens is 1. The van der Waals surface area contributed by atoms with Crippen LogP contribution in [0.2, 0.25) is 0 Å². The Kier molecular flexibility index (Phi) is 3.56. The summed E-state index contributed by atoms with van der Waals surface area (Å²) >= 11 is 0. The predicted molar refractivity (Wildman–Crippen MR) is 61.4 cm³/mol. The fourth-order valence-electron chi connectivity index (χ4n) is 1.94. The standard InChI is InChI=1S/C13H18FNO/c14-12-4-2-1-3-11(12)9-16-10-13(5-6-13)7-8-15/h1-4H,5-10,15H2. The predicted octanol–water partition coefficient (Wildman–Crippen LogP) is 2.47. The zero-order valence-corrected chi connectivity index (χ0v) is 9.42. The van der Waals surface area contributed by atoms with E-state index in [0.29, 0.717) is 30.7 Å². The minimum Gasteiger partial charge on any atom is -0.376 e. The summed E-state index contributed by atoms with van der Waals surface area (Å²) in [5, 5.41) is 0. The molecule has 2 rings (SSSR count). The summed E-state index contributed by atoms with van der Waals surface area (Å²) in [5.74, 6) is -0.189. The molecular weight excluding hydrogens is 205 g/mol. The van der Waals surface area contributed by atoms with Crippen LogP contribution in [0.15, 0.2) is 24.3 Å². The van der Waals surface area contributed by atoms with E-state index in [4.69, 9.17) is 10.5 Å². The van der Waals surface area contributed by atoms with Crippen LogP contribution in [0.3, 0.4) is 0 Å². The second kappa shape index (κ2) is 4.93. The summed E-state index contributed by atoms with van der Waals surface area (Å²) in [6.07, 6.45) is 3.41. The summed E-state index contributed by atoms with van der Waals surface area (Å²) in [5.41, 5.74) is 6.48. The molecule has 1 fully saturated rings. The minimum absolute atomic E-state index is 0.189. The second-order valence-corrected chi connectivity index (χ2v) is 4.62. The maximum atomic E-state index is 13.3. The average Bonchev–Trinajstić information content (AvgIpc) is 3.02. The van der Waals surface area contributed by atoms with Crippen LogP contribution < -0.4 is 5.73 Å². The van der Waals surface area contributed by atoms with Crippen molar-refractivity contribution in [1.29, 1.82) is 0 Å². The molecule has 1 aromatic carbocycles. The zero-order valence-electron chi connectivity index (χ0n) is 9.42. The lowest BCUT2D eigenvalue weighted by atomic mass is 10.0. The van der Waals surface area contributed by atoms with Crippen LogP contribution in [0.4, 0.5) is 4.39 Å². The maximum absolute atomic E-state index is 13.3. The number of ether oxygens (including phenoxy) is 1. The first-order chi connectivity index (χ1) is 7.76. The Labute approximate surface area is 95.6 Å². The third-order valence-electron chi connectivity index (χ3n) is 3.26. The Morgan fingerprint density at radius 2 is 2.06 bits per heavy atom. The lowest BCUT2D eigenvalue weighted by Crippen LogP contribution is -2.15. The van der Waals surface area contributed by atoms with E-state index in [9.17, 15) is 4.39 Å². The number of rotatable bonds is 6. The van der Waals surface area contributed by atoms with E-state index in [-0.39, 0.29) is 5.82 Å². The summed E-state index contributed by atoms with van der Waals surface area (Å²) in [6, 6.07) is 6.74. The van der Waals surface area contributed by atoms with Crippen molar-refractivity contribution >= 4 is 0 Å². The molecule has 0 atom stereocenters. The zero-order chi connectivity index (χ0) is 11.4. The van der Waals surface area contributed by atoms with Crippen LogP contribution in [0, 0.1) is 11.2 Å². The first-order valence-electron chi connectivity index (χ1n) is 5.77. The van der Waals surface area contributed by atoms with Crippen molar-refractivity contribution in [2.24, 2.45) is 11.1 Å². The molecule has 2 N–H and O–H groups in total. The molecule has 1 aromatic rings. The molecule has 0 aliphatic heterocycles. The SMILES string of the molecule is NCCC1(COCc2ccccc2F)CC1. The minimum atomic E-state index is -0.189. The van der Waals surface area contributed by atoms with Crippen LogP contribution in [-0.2, 0) is 11.3 Å². The van der Waals surface area contributed by atoms with E-state index in [0.717, 1.165) is 6.42 Å². The molecule has 1 aliphatic carbocycles. The van der Waals surface area contributed by atoms with E-state index in [1.807, 2.05) is 6.07 Å². The Hall–Kier alpha value is -0.930. The van der Waals surface area contributed by atoms with Gasteiger partial charge in [-0.3, -0.25) is 0 Å². The fraction of sp³-hybridized carbons (Fsp3) is 0.538. The first kappa shape index (κ1) is 11.6. The van der Waals surface area contributed by atoms with E-state index in [1.165, 1.54) is 18.9 Å². The average molecular weight is 223 g/mol. The molecular formula is C13H18FNO. The van der Waals surface area contributed by atoms with Crippen LogP contribution in [-0.4, -0.2) is 13.2 Å². The van der Waals surface area contributed by atoms with Gasteiger partial charge in [-0.05, 0) is 37.3 Å². The van der Waals surface area contributed by atoms with Crippen LogP contribution in [0.1, 0.15) is 24.8 Å². The van der Waals surface area contributed by atoms with Crippen molar-refractivity contribution in [3.8, 4) is 0 Å². The van der Waals surface area contributed by atoms with Crippen molar-refractivity contribution in [1.82, 2.24) is 0 Å². The molecule has 0 saturated heterocycles. The molecule has 3 heteroatoms. The van der Waals surface area contributed by atoms with Gasteiger partial charge in [0.1, 0.15) is 5.82 Å². The molecule has 1 aliphatic rings. The molecule has 0 spiro atoms. The smallest absolute Gasteiger partial charge is 0.128 e. The Morgan fingerprint density at radius 1 is 1.31 bits per heavy atom. The molecule has 0 heterocycles. The number of hydrogen-bond donors (Lipinski definition) is 1. The molecule has 1 saturated carbocycles. The van der Waals surface area contributed by atoms with E-state index in [2.05, 4.69) is 0 Å². The highest BCUT2D eigenvalue weighted by Crippen LogP contribution is 2.48. The highest BCUT2D eigenvalue weighted by atomic mass is 19.1. The van der Waals surface area contributed by atoms with Gasteiger partial charge < -0.3 is 10.5 Å². The lowest BCUT2D eigenvalue weighted by molar-refractivity contribution is 0.0739. The van der Waals surface area contributed by atoms with Gasteiger partial charge in [0, 0.05) is 5.56 Å². The van der Waals surface area contributed by atoms with Gasteiger partial charge in [-0.2, -0.15) is 0 Å². The van der Waals surface area contributed by atoms with Crippen molar-refractivity contribution < 1.29 is 9.13 Å². The molecule has 16 heavy (non-hydrogen) atoms. The largest absolute Gasteiger partial charge is 0.376 e. The van der Waals surface area contributed by atoms with E-state index >= 15 is 0 Å². The third-order valence-corrected chi connectivity index (χ3v) is 3.26. The van der Waals surface area contributed by atoms with Gasteiger partial charge in [0.25, 0.3) is 0 Å². The number of hydrogen-bond acceptors (Lipinski definition) is 2. The van der Waals surface area contributed by atoms with E-state index in [1.54, 1.807) is 12.1 Å². The summed E-state index contributed by atoms with van der Waals surface area (Å²) in [7, 11) is 0. The summed E-state index contributed by atoms with van der Waals surface area (Å²) < 4.78 is 18.9. The molecule has 2 nitrogen and oxygen atoms in total. The monoisotopic (exact) mass is 223 g/mol. The van der Waals surface area contributed by atoms with Gasteiger partial charge >= 0.3 is 0 Å². The molecule has 0 unspecified atom stereocenters. The van der Waals surface area contributed by atoms with Gasteiger partial charge in [0.15, 0.2) is 0 Å². The maximum Gasteiger partial charge on any atom is 0.128 e. The summed E-state index contributed by atoms with van der Waals surface area (Å²) in [6.45, 7) is 1.78. The highest BCUT2D eigenvalue weighted by molar-refractivity contribution is 5.16. The lowest BCUT2D eigenvalue weighted by Gasteiger charge is -2.14. The second-order valence-electron chi connectivity index (χ2n) is 4.62. The van der Waals surface area contributed by atoms with Crippen LogP contribution in [0.25, 0.3) is 0 Å². The van der Waals surface area contributed by atoms with Gasteiger partial charge in [-0.15, -0.1) is 0 Å². The first-order valence-corrected chi connectivity index (χ1v) is 5.77. The van der Waals surface area contributed by atoms with Gasteiger partial charge in [0.2, 0.25) is 0 Å². The molecule has 0 amide bonds. The topological polar surface area (TPSA) is 35.2 Å². The Bertz CT molecular complexity index is 350. The van der Waals surface area contributed by atoms with Gasteiger partial charge in [-0.25, -0.2) is 4.39 Å². The van der Waals surface area contributed by atoms with Gasteiger partial charge in [0.05, 0.1) is 13.2 Å². The quantitative estimate of drug-likeness (QED) is 0.804. The van der Waals surface area contributed by atoms with E-state index < -0.39 is 0 Å². The van der Waals surface area contributed by atoms with Crippen molar-refractivity contribution in [2.45, 2.75) is 25.9 Å². The Balaban J connectivity index is 1.78. The Morgan fingerprint density at radius 3 is 2.69 bits per heavy atom. The molecule has 0 aromatic heterocycles. The third kappa shape index (κ3) is 2.80. The molecule has 88 valence electrons.